The van der Waals surface area contributed by atoms with Crippen molar-refractivity contribution >= 4 is 38.7 Å². The van der Waals surface area contributed by atoms with Gasteiger partial charge in [-0.1, -0.05) is 29.8 Å². The summed E-state index contributed by atoms with van der Waals surface area (Å²) < 4.78 is 57.7. The third-order valence-electron chi connectivity index (χ3n) is 5.83. The molecule has 0 spiro atoms. The van der Waals surface area contributed by atoms with Crippen molar-refractivity contribution in [3.05, 3.63) is 95.0 Å². The van der Waals surface area contributed by atoms with Gasteiger partial charge in [0.15, 0.2) is 0 Å². The molecule has 4 rings (SSSR count). The van der Waals surface area contributed by atoms with Gasteiger partial charge in [-0.3, -0.25) is 4.57 Å². The lowest BCUT2D eigenvalue weighted by atomic mass is 10.1. The molecule has 0 radical (unpaired) electrons. The van der Waals surface area contributed by atoms with Crippen LogP contribution >= 0.6 is 23.5 Å². The summed E-state index contributed by atoms with van der Waals surface area (Å²) in [4.78, 5) is 0.330. The summed E-state index contributed by atoms with van der Waals surface area (Å²) in [7, 11) is -7.47. The minimum atomic E-state index is -3.78. The maximum atomic E-state index is 13.8. The van der Waals surface area contributed by atoms with Crippen molar-refractivity contribution in [2.45, 2.75) is 30.6 Å². The molecule has 0 atom stereocenters. The number of rotatable bonds is 10. The average Bonchev–Trinajstić information content (AvgIpc) is 2.91. The Morgan fingerprint density at radius 1 is 0.795 bits per heavy atom. The van der Waals surface area contributed by atoms with Gasteiger partial charge >= 0.3 is 7.60 Å². The first-order valence-corrected chi connectivity index (χ1v) is 16.0. The van der Waals surface area contributed by atoms with E-state index in [1.165, 1.54) is 12.1 Å². The van der Waals surface area contributed by atoms with E-state index in [4.69, 9.17) is 13.8 Å². The summed E-state index contributed by atoms with van der Waals surface area (Å²) in [5.41, 5.74) is 2.43. The minimum absolute atomic E-state index is 0.0982. The highest BCUT2D eigenvalue weighted by Gasteiger charge is 2.31. The normalized spacial score (nSPS) is 11.9. The van der Waals surface area contributed by atoms with E-state index in [9.17, 15) is 18.1 Å². The van der Waals surface area contributed by atoms with Gasteiger partial charge in [-0.05, 0) is 108 Å². The van der Waals surface area contributed by atoms with E-state index in [0.29, 0.717) is 15.8 Å². The molecule has 0 saturated carbocycles. The number of aromatic hydroxyl groups is 1. The predicted molar refractivity (Wildman–Crippen MR) is 155 cm³/mol. The van der Waals surface area contributed by atoms with Gasteiger partial charge in [0.05, 0.1) is 27.5 Å². The average molecular weight is 631 g/mol. The van der Waals surface area contributed by atoms with Gasteiger partial charge in [0.25, 0.3) is 0 Å². The second kappa shape index (κ2) is 12.1. The SMILES string of the molecule is CCOP(=O)(OCC)c1cc(-c2ccc(O)c(Br)c2)ccc1Oc1ccc(S(=O)(=O)c2ccc(C)cc2)cc1. The monoisotopic (exact) mass is 630 g/mol. The summed E-state index contributed by atoms with van der Waals surface area (Å²) >= 11 is 3.33. The van der Waals surface area contributed by atoms with Crippen LogP contribution in [-0.4, -0.2) is 26.7 Å². The van der Waals surface area contributed by atoms with Crippen LogP contribution in [0.25, 0.3) is 11.1 Å². The first kappa shape index (κ1) is 29.1. The number of phenols is 1. The molecule has 10 heteroatoms. The smallest absolute Gasteiger partial charge is 0.365 e. The van der Waals surface area contributed by atoms with Crippen molar-refractivity contribution in [3.63, 3.8) is 0 Å². The molecular weight excluding hydrogens is 603 g/mol. The quantitative estimate of drug-likeness (QED) is 0.180. The van der Waals surface area contributed by atoms with Gasteiger partial charge in [-0.15, -0.1) is 0 Å². The number of halogens is 1. The Bertz CT molecular complexity index is 1610. The fourth-order valence-corrected chi connectivity index (χ4v) is 7.23. The summed E-state index contributed by atoms with van der Waals surface area (Å²) in [5, 5.41) is 10.1. The lowest BCUT2D eigenvalue weighted by Gasteiger charge is -2.21. The van der Waals surface area contributed by atoms with Gasteiger partial charge in [-0.2, -0.15) is 0 Å². The standard InChI is InChI=1S/C29H28BrO7PS/c1-4-35-38(32,36-5-2)29-19-22(21-8-16-27(31)26(30)18-21)9-17-28(29)37-23-10-14-25(15-11-23)39(33,34)24-12-6-20(3)7-13-24/h6-19,31H,4-5H2,1-3H3. The highest BCUT2D eigenvalue weighted by molar-refractivity contribution is 9.10. The molecule has 204 valence electrons. The van der Waals surface area contributed by atoms with E-state index < -0.39 is 17.4 Å². The molecule has 0 saturated heterocycles. The molecule has 1 N–H and O–H groups in total. The Morgan fingerprint density at radius 3 is 1.90 bits per heavy atom. The summed E-state index contributed by atoms with van der Waals surface area (Å²) in [6.07, 6.45) is 0. The Hall–Kier alpha value is -2.94. The van der Waals surface area contributed by atoms with E-state index in [2.05, 4.69) is 15.9 Å². The first-order chi connectivity index (χ1) is 18.6. The van der Waals surface area contributed by atoms with Crippen molar-refractivity contribution in [1.29, 1.82) is 0 Å². The topological polar surface area (TPSA) is 99.1 Å². The Balaban J connectivity index is 1.72. The van der Waals surface area contributed by atoms with Crippen LogP contribution in [-0.2, 0) is 23.4 Å². The Labute approximate surface area is 237 Å². The van der Waals surface area contributed by atoms with Crippen molar-refractivity contribution < 1.29 is 31.9 Å². The van der Waals surface area contributed by atoms with Crippen LogP contribution in [0, 0.1) is 6.92 Å². The zero-order chi connectivity index (χ0) is 28.2. The number of hydrogen-bond acceptors (Lipinski definition) is 7. The second-order valence-corrected chi connectivity index (χ2v) is 13.4. The zero-order valence-electron chi connectivity index (χ0n) is 21.6. The Kier molecular flexibility index (Phi) is 8.99. The van der Waals surface area contributed by atoms with Crippen LogP contribution in [0.2, 0.25) is 0 Å². The number of phenolic OH excluding ortho intramolecular Hbond substituents is 1. The largest absolute Gasteiger partial charge is 0.507 e. The third kappa shape index (κ3) is 6.45. The van der Waals surface area contributed by atoms with Gasteiger partial charge in [0.1, 0.15) is 22.6 Å². The molecule has 0 aliphatic heterocycles. The first-order valence-electron chi connectivity index (χ1n) is 12.2. The van der Waals surface area contributed by atoms with E-state index in [0.717, 1.165) is 11.1 Å². The fraction of sp³-hybridized carbons (Fsp3) is 0.172. The molecule has 4 aromatic rings. The molecule has 0 aliphatic carbocycles. The fourth-order valence-electron chi connectivity index (χ4n) is 3.87. The summed E-state index contributed by atoms with van der Waals surface area (Å²) in [5.74, 6) is 0.691. The number of aryl methyl sites for hydroxylation is 1. The van der Waals surface area contributed by atoms with Crippen LogP contribution in [0.5, 0.6) is 17.2 Å². The third-order valence-corrected chi connectivity index (χ3v) is 10.4. The van der Waals surface area contributed by atoms with Crippen LogP contribution in [0.15, 0.2) is 99.2 Å². The molecule has 0 fully saturated rings. The molecule has 4 aromatic carbocycles. The van der Waals surface area contributed by atoms with Gasteiger partial charge in [-0.25, -0.2) is 8.42 Å². The number of ether oxygens (including phenoxy) is 1. The van der Waals surface area contributed by atoms with Crippen LogP contribution in [0.3, 0.4) is 0 Å². The maximum Gasteiger partial charge on any atom is 0.365 e. The molecule has 7 nitrogen and oxygen atoms in total. The van der Waals surface area contributed by atoms with E-state index in [1.807, 2.05) is 6.92 Å². The van der Waals surface area contributed by atoms with E-state index in [-0.39, 0.29) is 39.8 Å². The predicted octanol–water partition coefficient (Wildman–Crippen LogP) is 7.65. The van der Waals surface area contributed by atoms with Gasteiger partial charge in [0.2, 0.25) is 9.84 Å². The summed E-state index contributed by atoms with van der Waals surface area (Å²) in [6.45, 7) is 5.64. The molecule has 0 heterocycles. The van der Waals surface area contributed by atoms with Crippen molar-refractivity contribution in [1.82, 2.24) is 0 Å². The minimum Gasteiger partial charge on any atom is -0.507 e. The zero-order valence-corrected chi connectivity index (χ0v) is 24.9. The van der Waals surface area contributed by atoms with Gasteiger partial charge < -0.3 is 18.9 Å². The number of sulfone groups is 1. The number of benzene rings is 4. The van der Waals surface area contributed by atoms with Crippen LogP contribution in [0.4, 0.5) is 0 Å². The molecule has 0 aliphatic rings. The molecule has 0 bridgehead atoms. The highest BCUT2D eigenvalue weighted by Crippen LogP contribution is 2.50. The Morgan fingerprint density at radius 2 is 1.33 bits per heavy atom. The highest BCUT2D eigenvalue weighted by atomic mass is 79.9. The van der Waals surface area contributed by atoms with Crippen LogP contribution in [0.1, 0.15) is 19.4 Å². The van der Waals surface area contributed by atoms with E-state index in [1.54, 1.807) is 86.6 Å². The van der Waals surface area contributed by atoms with Crippen LogP contribution < -0.4 is 10.0 Å². The van der Waals surface area contributed by atoms with Crippen molar-refractivity contribution in [3.8, 4) is 28.4 Å². The number of hydrogen-bond donors (Lipinski definition) is 1. The lowest BCUT2D eigenvalue weighted by molar-refractivity contribution is 0.229. The maximum absolute atomic E-state index is 13.8. The van der Waals surface area contributed by atoms with Crippen molar-refractivity contribution in [2.24, 2.45) is 0 Å². The summed E-state index contributed by atoms with van der Waals surface area (Å²) in [6, 6.07) is 22.8. The van der Waals surface area contributed by atoms with E-state index >= 15 is 0 Å². The molecular formula is C29H28BrO7PS. The molecule has 0 amide bonds. The molecule has 39 heavy (non-hydrogen) atoms. The lowest BCUT2D eigenvalue weighted by Crippen LogP contribution is -2.14. The van der Waals surface area contributed by atoms with Crippen molar-refractivity contribution in [2.75, 3.05) is 13.2 Å². The second-order valence-electron chi connectivity index (χ2n) is 8.57. The molecule has 0 unspecified atom stereocenters. The molecule has 0 aromatic heterocycles. The van der Waals surface area contributed by atoms with Gasteiger partial charge in [0, 0.05) is 0 Å².